The fourth-order valence-electron chi connectivity index (χ4n) is 2.00. The number of hydrogen-bond acceptors (Lipinski definition) is 3. The van der Waals surface area contributed by atoms with E-state index in [0.717, 1.165) is 13.1 Å². The van der Waals surface area contributed by atoms with Crippen LogP contribution in [0.1, 0.15) is 15.8 Å². The lowest BCUT2D eigenvalue weighted by molar-refractivity contribution is 0.190. The Kier molecular flexibility index (Phi) is 5.86. The minimum Gasteiger partial charge on any atom is -0.395 e. The van der Waals surface area contributed by atoms with Gasteiger partial charge in [-0.2, -0.15) is 0 Å². The lowest BCUT2D eigenvalue weighted by Crippen LogP contribution is -2.29. The molecular weight excluding hydrogens is 278 g/mol. The molecule has 2 rings (SSSR count). The number of aliphatic hydroxyl groups excluding tert-OH is 1. The molecule has 1 unspecified atom stereocenters. The van der Waals surface area contributed by atoms with Crippen molar-refractivity contribution in [2.45, 2.75) is 11.9 Å². The molecule has 0 saturated carbocycles. The van der Waals surface area contributed by atoms with Crippen molar-refractivity contribution in [3.63, 3.8) is 0 Å². The van der Waals surface area contributed by atoms with Gasteiger partial charge < -0.3 is 5.11 Å². The summed E-state index contributed by atoms with van der Waals surface area (Å²) in [5, 5.41) is 11.2. The summed E-state index contributed by atoms with van der Waals surface area (Å²) >= 11 is 8.11. The second-order valence-corrected chi connectivity index (χ2v) is 5.93. The van der Waals surface area contributed by atoms with Crippen LogP contribution >= 0.6 is 22.9 Å². The van der Waals surface area contributed by atoms with E-state index in [0.29, 0.717) is 6.54 Å². The van der Waals surface area contributed by atoms with E-state index < -0.39 is 0 Å². The summed E-state index contributed by atoms with van der Waals surface area (Å²) in [6.45, 7) is 2.36. The predicted octanol–water partition coefficient (Wildman–Crippen LogP) is 3.52. The predicted molar refractivity (Wildman–Crippen MR) is 81.7 cm³/mol. The van der Waals surface area contributed by atoms with Crippen LogP contribution in [0.15, 0.2) is 47.8 Å². The van der Waals surface area contributed by atoms with Crippen LogP contribution in [-0.4, -0.2) is 29.7 Å². The maximum Gasteiger partial charge on any atom is 0.0805 e. The molecule has 2 nitrogen and oxygen atoms in total. The quantitative estimate of drug-likeness (QED) is 0.790. The zero-order valence-electron chi connectivity index (χ0n) is 10.7. The number of aliphatic hydroxyl groups is 1. The van der Waals surface area contributed by atoms with E-state index >= 15 is 0 Å². The summed E-state index contributed by atoms with van der Waals surface area (Å²) in [6.07, 6.45) is 0. The molecule has 1 aromatic carbocycles. The van der Waals surface area contributed by atoms with Crippen molar-refractivity contribution in [2.75, 3.05) is 19.7 Å². The number of hydrogen-bond donors (Lipinski definition) is 1. The first kappa shape index (κ1) is 14.5. The van der Waals surface area contributed by atoms with Gasteiger partial charge in [0.1, 0.15) is 0 Å². The van der Waals surface area contributed by atoms with Gasteiger partial charge >= 0.3 is 0 Å². The molecule has 1 aromatic heterocycles. The summed E-state index contributed by atoms with van der Waals surface area (Å²) in [5.41, 5.74) is 1.24. The van der Waals surface area contributed by atoms with Crippen molar-refractivity contribution in [3.05, 3.63) is 58.3 Å². The van der Waals surface area contributed by atoms with Gasteiger partial charge in [-0.3, -0.25) is 4.90 Å². The molecular formula is C15H18ClNOS. The average molecular weight is 296 g/mol. The van der Waals surface area contributed by atoms with Crippen molar-refractivity contribution >= 4 is 22.9 Å². The summed E-state index contributed by atoms with van der Waals surface area (Å²) < 4.78 is 0. The van der Waals surface area contributed by atoms with Gasteiger partial charge in [0.15, 0.2) is 0 Å². The Labute approximate surface area is 123 Å². The van der Waals surface area contributed by atoms with Crippen LogP contribution in [0, 0.1) is 0 Å². The highest BCUT2D eigenvalue weighted by Gasteiger charge is 2.14. The largest absolute Gasteiger partial charge is 0.395 e. The monoisotopic (exact) mass is 295 g/mol. The number of halogens is 1. The van der Waals surface area contributed by atoms with E-state index in [1.54, 1.807) is 11.3 Å². The molecule has 0 bridgehead atoms. The Bertz CT molecular complexity index is 460. The fourth-order valence-corrected chi connectivity index (χ4v) is 3.12. The lowest BCUT2D eigenvalue weighted by Gasteiger charge is -2.23. The molecule has 0 fully saturated rings. The Balaban J connectivity index is 1.96. The highest BCUT2D eigenvalue weighted by Crippen LogP contribution is 2.26. The Hall–Kier alpha value is -0.870. The summed E-state index contributed by atoms with van der Waals surface area (Å²) in [6, 6.07) is 14.3. The standard InChI is InChI=1S/C15H18ClNOS/c16-14(15-7-4-10-19-15)12-17(8-9-18)11-13-5-2-1-3-6-13/h1-7,10,14,18H,8-9,11-12H2. The molecule has 0 aliphatic heterocycles. The number of benzene rings is 1. The van der Waals surface area contributed by atoms with Crippen LogP contribution < -0.4 is 0 Å². The zero-order valence-corrected chi connectivity index (χ0v) is 12.3. The molecule has 0 radical (unpaired) electrons. The van der Waals surface area contributed by atoms with Crippen LogP contribution in [0.3, 0.4) is 0 Å². The highest BCUT2D eigenvalue weighted by molar-refractivity contribution is 7.10. The van der Waals surface area contributed by atoms with Crippen molar-refractivity contribution < 1.29 is 5.11 Å². The molecule has 0 aliphatic rings. The second kappa shape index (κ2) is 7.65. The number of nitrogens with zero attached hydrogens (tertiary/aromatic N) is 1. The molecule has 102 valence electrons. The lowest BCUT2D eigenvalue weighted by atomic mass is 10.2. The maximum absolute atomic E-state index is 9.18. The first-order chi connectivity index (χ1) is 9.29. The minimum absolute atomic E-state index is 0.0183. The van der Waals surface area contributed by atoms with Crippen LogP contribution in [0.2, 0.25) is 0 Å². The van der Waals surface area contributed by atoms with Gasteiger partial charge in [-0.15, -0.1) is 22.9 Å². The van der Waals surface area contributed by atoms with Crippen molar-refractivity contribution in [2.24, 2.45) is 0 Å². The van der Waals surface area contributed by atoms with Crippen LogP contribution in [0.5, 0.6) is 0 Å². The van der Waals surface area contributed by atoms with E-state index in [4.69, 9.17) is 11.6 Å². The third-order valence-electron chi connectivity index (χ3n) is 2.94. The fraction of sp³-hybridized carbons (Fsp3) is 0.333. The number of rotatable bonds is 7. The third kappa shape index (κ3) is 4.62. The van der Waals surface area contributed by atoms with Gasteiger partial charge in [0, 0.05) is 24.5 Å². The summed E-state index contributed by atoms with van der Waals surface area (Å²) in [5.74, 6) is 0. The van der Waals surface area contributed by atoms with Gasteiger partial charge in [0.25, 0.3) is 0 Å². The van der Waals surface area contributed by atoms with Crippen molar-refractivity contribution in [1.29, 1.82) is 0 Å². The molecule has 1 heterocycles. The molecule has 0 amide bonds. The molecule has 0 aliphatic carbocycles. The zero-order chi connectivity index (χ0) is 13.5. The third-order valence-corrected chi connectivity index (χ3v) is 4.42. The SMILES string of the molecule is OCCN(Cc1ccccc1)CC(Cl)c1cccs1. The van der Waals surface area contributed by atoms with Crippen molar-refractivity contribution in [1.82, 2.24) is 4.90 Å². The summed E-state index contributed by atoms with van der Waals surface area (Å²) in [7, 11) is 0. The molecule has 1 atom stereocenters. The van der Waals surface area contributed by atoms with E-state index in [2.05, 4.69) is 23.1 Å². The molecule has 0 spiro atoms. The topological polar surface area (TPSA) is 23.5 Å². The van der Waals surface area contributed by atoms with E-state index in [9.17, 15) is 5.11 Å². The number of alkyl halides is 1. The normalized spacial score (nSPS) is 12.8. The first-order valence-electron chi connectivity index (χ1n) is 6.34. The van der Waals surface area contributed by atoms with E-state index in [1.165, 1.54) is 10.4 Å². The van der Waals surface area contributed by atoms with E-state index in [1.807, 2.05) is 29.6 Å². The first-order valence-corrected chi connectivity index (χ1v) is 7.66. The van der Waals surface area contributed by atoms with Gasteiger partial charge in [0.05, 0.1) is 12.0 Å². The Morgan fingerprint density at radius 1 is 1.16 bits per heavy atom. The highest BCUT2D eigenvalue weighted by atomic mass is 35.5. The van der Waals surface area contributed by atoms with Crippen LogP contribution in [0.4, 0.5) is 0 Å². The number of thiophene rings is 1. The Morgan fingerprint density at radius 2 is 1.95 bits per heavy atom. The Morgan fingerprint density at radius 3 is 2.58 bits per heavy atom. The van der Waals surface area contributed by atoms with Gasteiger partial charge in [-0.1, -0.05) is 36.4 Å². The van der Waals surface area contributed by atoms with Gasteiger partial charge in [-0.05, 0) is 17.0 Å². The molecule has 19 heavy (non-hydrogen) atoms. The average Bonchev–Trinajstić information content (AvgIpc) is 2.94. The summed E-state index contributed by atoms with van der Waals surface area (Å²) in [4.78, 5) is 3.37. The van der Waals surface area contributed by atoms with Crippen LogP contribution in [-0.2, 0) is 6.54 Å². The van der Waals surface area contributed by atoms with E-state index in [-0.39, 0.29) is 12.0 Å². The smallest absolute Gasteiger partial charge is 0.0805 e. The van der Waals surface area contributed by atoms with Crippen molar-refractivity contribution in [3.8, 4) is 0 Å². The van der Waals surface area contributed by atoms with Gasteiger partial charge in [0.2, 0.25) is 0 Å². The maximum atomic E-state index is 9.18. The second-order valence-electron chi connectivity index (χ2n) is 4.43. The minimum atomic E-state index is -0.0183. The molecule has 0 saturated heterocycles. The van der Waals surface area contributed by atoms with Crippen LogP contribution in [0.25, 0.3) is 0 Å². The molecule has 4 heteroatoms. The molecule has 2 aromatic rings. The van der Waals surface area contributed by atoms with Gasteiger partial charge in [-0.25, -0.2) is 0 Å². The molecule has 1 N–H and O–H groups in total.